The van der Waals surface area contributed by atoms with Crippen LogP contribution < -0.4 is 15.4 Å². The molecule has 0 saturated heterocycles. The maximum Gasteiger partial charge on any atom is 0.253 e. The molecule has 0 aliphatic heterocycles. The number of halogens is 1. The highest BCUT2D eigenvalue weighted by Gasteiger charge is 2.08. The number of benzene rings is 2. The van der Waals surface area contributed by atoms with Crippen molar-refractivity contribution in [2.24, 2.45) is 4.99 Å². The van der Waals surface area contributed by atoms with Gasteiger partial charge in [0, 0.05) is 33.3 Å². The monoisotopic (exact) mass is 510 g/mol. The average molecular weight is 510 g/mol. The maximum absolute atomic E-state index is 12.1. The molecule has 0 heterocycles. The smallest absolute Gasteiger partial charge is 0.253 e. The molecule has 1 amide bonds. The van der Waals surface area contributed by atoms with Crippen LogP contribution in [0.4, 0.5) is 0 Å². The third kappa shape index (κ3) is 8.31. The van der Waals surface area contributed by atoms with Crippen molar-refractivity contribution in [1.29, 1.82) is 0 Å². The first-order valence-electron chi connectivity index (χ1n) is 9.45. The van der Waals surface area contributed by atoms with E-state index in [1.54, 1.807) is 26.0 Å². The van der Waals surface area contributed by atoms with Crippen molar-refractivity contribution in [3.05, 3.63) is 65.2 Å². The van der Waals surface area contributed by atoms with Crippen molar-refractivity contribution >= 4 is 35.8 Å². The molecule has 0 unspecified atom stereocenters. The van der Waals surface area contributed by atoms with Crippen LogP contribution in [-0.2, 0) is 6.42 Å². The van der Waals surface area contributed by atoms with Crippen LogP contribution >= 0.6 is 24.0 Å². The molecule has 6 nitrogen and oxygen atoms in total. The molecule has 0 aromatic heterocycles. The van der Waals surface area contributed by atoms with E-state index in [0.29, 0.717) is 18.7 Å². The van der Waals surface area contributed by atoms with Gasteiger partial charge in [-0.3, -0.25) is 9.79 Å². The number of aliphatic imine (C=N–C) groups is 1. The Morgan fingerprint density at radius 3 is 2.48 bits per heavy atom. The lowest BCUT2D eigenvalue weighted by Gasteiger charge is -2.14. The normalized spacial score (nSPS) is 10.7. The molecule has 0 fully saturated rings. The number of ether oxygens (including phenoxy) is 1. The van der Waals surface area contributed by atoms with Gasteiger partial charge in [0.15, 0.2) is 5.96 Å². The summed E-state index contributed by atoms with van der Waals surface area (Å²) in [6, 6.07) is 15.7. The Morgan fingerprint density at radius 1 is 1.07 bits per heavy atom. The quantitative estimate of drug-likeness (QED) is 0.248. The number of rotatable bonds is 8. The zero-order valence-electron chi connectivity index (χ0n) is 17.6. The molecule has 0 saturated carbocycles. The number of amides is 1. The lowest BCUT2D eigenvalue weighted by Crippen LogP contribution is -2.40. The maximum atomic E-state index is 12.1. The van der Waals surface area contributed by atoms with Crippen LogP contribution in [0, 0.1) is 6.92 Å². The predicted molar refractivity (Wildman–Crippen MR) is 130 cm³/mol. The highest BCUT2D eigenvalue weighted by molar-refractivity contribution is 14.0. The molecule has 2 aromatic carbocycles. The molecule has 158 valence electrons. The summed E-state index contributed by atoms with van der Waals surface area (Å²) in [7, 11) is 5.26. The van der Waals surface area contributed by atoms with Crippen molar-refractivity contribution in [2.45, 2.75) is 13.3 Å². The van der Waals surface area contributed by atoms with Crippen LogP contribution in [0.1, 0.15) is 21.5 Å². The second-order valence-electron chi connectivity index (χ2n) is 6.69. The van der Waals surface area contributed by atoms with Crippen molar-refractivity contribution in [3.8, 4) is 5.75 Å². The first kappa shape index (κ1) is 24.7. The van der Waals surface area contributed by atoms with Gasteiger partial charge in [-0.1, -0.05) is 30.3 Å². The van der Waals surface area contributed by atoms with E-state index in [4.69, 9.17) is 4.74 Å². The minimum absolute atomic E-state index is 0. The highest BCUT2D eigenvalue weighted by Crippen LogP contribution is 2.15. The van der Waals surface area contributed by atoms with Crippen molar-refractivity contribution in [2.75, 3.05) is 40.8 Å². The zero-order chi connectivity index (χ0) is 20.4. The number of aryl methyl sites for hydroxylation is 1. The summed E-state index contributed by atoms with van der Waals surface area (Å²) in [4.78, 5) is 17.9. The Morgan fingerprint density at radius 2 is 1.79 bits per heavy atom. The molecule has 2 aromatic rings. The Hall–Kier alpha value is -2.29. The topological polar surface area (TPSA) is 66.0 Å². The molecule has 0 bridgehead atoms. The van der Waals surface area contributed by atoms with E-state index in [9.17, 15) is 4.79 Å². The minimum atomic E-state index is 0. The number of carbonyl (C=O) groups excluding carboxylic acids is 1. The van der Waals surface area contributed by atoms with E-state index < -0.39 is 0 Å². The van der Waals surface area contributed by atoms with Crippen LogP contribution in [0.5, 0.6) is 5.75 Å². The Balaban J connectivity index is 0.00000420. The molecular weight excluding hydrogens is 479 g/mol. The lowest BCUT2D eigenvalue weighted by molar-refractivity contribution is 0.0827. The number of para-hydroxylation sites is 1. The molecule has 29 heavy (non-hydrogen) atoms. The van der Waals surface area contributed by atoms with Gasteiger partial charge in [-0.2, -0.15) is 0 Å². The molecule has 7 heteroatoms. The predicted octanol–water partition coefficient (Wildman–Crippen LogP) is 3.10. The summed E-state index contributed by atoms with van der Waals surface area (Å²) in [6.07, 6.45) is 0.801. The summed E-state index contributed by atoms with van der Waals surface area (Å²) in [5.74, 6) is 1.65. The first-order chi connectivity index (χ1) is 13.5. The fraction of sp³-hybridized carbons (Fsp3) is 0.364. The van der Waals surface area contributed by atoms with Gasteiger partial charge in [-0.15, -0.1) is 24.0 Å². The summed E-state index contributed by atoms with van der Waals surface area (Å²) in [5.41, 5.74) is 2.94. The fourth-order valence-electron chi connectivity index (χ4n) is 2.71. The third-order valence-corrected chi connectivity index (χ3v) is 4.26. The number of guanidine groups is 1. The fourth-order valence-corrected chi connectivity index (χ4v) is 2.71. The van der Waals surface area contributed by atoms with Gasteiger partial charge in [-0.05, 0) is 42.7 Å². The standard InChI is InChI=1S/C22H30N4O2.HI/c1-17-8-5-6-11-20(17)28-15-14-25-22(23-2)24-13-12-18-9-7-10-19(16-18)21(27)26(3)4;/h5-11,16H,12-15H2,1-4H3,(H2,23,24,25);1H. The summed E-state index contributed by atoms with van der Waals surface area (Å²) in [5, 5.41) is 6.53. The lowest BCUT2D eigenvalue weighted by atomic mass is 10.1. The second-order valence-corrected chi connectivity index (χ2v) is 6.69. The number of hydrogen-bond acceptors (Lipinski definition) is 3. The number of nitrogens with one attached hydrogen (secondary N) is 2. The van der Waals surface area contributed by atoms with Crippen LogP contribution in [0.3, 0.4) is 0 Å². The second kappa shape index (κ2) is 13.0. The summed E-state index contributed by atoms with van der Waals surface area (Å²) in [6.45, 7) is 3.96. The largest absolute Gasteiger partial charge is 0.491 e. The van der Waals surface area contributed by atoms with E-state index in [2.05, 4.69) is 15.6 Å². The van der Waals surface area contributed by atoms with Crippen LogP contribution in [0.15, 0.2) is 53.5 Å². The van der Waals surface area contributed by atoms with Gasteiger partial charge in [0.05, 0.1) is 6.54 Å². The molecule has 2 rings (SSSR count). The third-order valence-electron chi connectivity index (χ3n) is 4.26. The van der Waals surface area contributed by atoms with E-state index in [1.807, 2.05) is 55.5 Å². The Bertz CT molecular complexity index is 809. The molecule has 2 N–H and O–H groups in total. The van der Waals surface area contributed by atoms with Crippen LogP contribution in [-0.4, -0.2) is 57.6 Å². The molecule has 0 atom stereocenters. The Kier molecular flexibility index (Phi) is 11.1. The van der Waals surface area contributed by atoms with Crippen LogP contribution in [0.2, 0.25) is 0 Å². The van der Waals surface area contributed by atoms with Gasteiger partial charge in [0.25, 0.3) is 5.91 Å². The van der Waals surface area contributed by atoms with Gasteiger partial charge in [0.2, 0.25) is 0 Å². The zero-order valence-corrected chi connectivity index (χ0v) is 19.9. The van der Waals surface area contributed by atoms with Crippen molar-refractivity contribution in [3.63, 3.8) is 0 Å². The number of carbonyl (C=O) groups is 1. The van der Waals surface area contributed by atoms with E-state index in [-0.39, 0.29) is 29.9 Å². The molecule has 0 spiro atoms. The Labute approximate surface area is 190 Å². The van der Waals surface area contributed by atoms with Gasteiger partial charge >= 0.3 is 0 Å². The molecule has 0 aliphatic carbocycles. The van der Waals surface area contributed by atoms with E-state index in [0.717, 1.165) is 35.8 Å². The van der Waals surface area contributed by atoms with Gasteiger partial charge < -0.3 is 20.3 Å². The highest BCUT2D eigenvalue weighted by atomic mass is 127. The molecular formula is C22H31IN4O2. The molecule has 0 radical (unpaired) electrons. The summed E-state index contributed by atoms with van der Waals surface area (Å²) >= 11 is 0. The summed E-state index contributed by atoms with van der Waals surface area (Å²) < 4.78 is 5.78. The number of nitrogens with zero attached hydrogens (tertiary/aromatic N) is 2. The number of hydrogen-bond donors (Lipinski definition) is 2. The van der Waals surface area contributed by atoms with Gasteiger partial charge in [-0.25, -0.2) is 0 Å². The molecule has 0 aliphatic rings. The van der Waals surface area contributed by atoms with E-state index >= 15 is 0 Å². The minimum Gasteiger partial charge on any atom is -0.491 e. The van der Waals surface area contributed by atoms with Crippen molar-refractivity contribution in [1.82, 2.24) is 15.5 Å². The van der Waals surface area contributed by atoms with Gasteiger partial charge in [0.1, 0.15) is 12.4 Å². The average Bonchev–Trinajstić information content (AvgIpc) is 2.70. The van der Waals surface area contributed by atoms with E-state index in [1.165, 1.54) is 0 Å². The van der Waals surface area contributed by atoms with Crippen LogP contribution in [0.25, 0.3) is 0 Å². The SMILES string of the molecule is CN=C(NCCOc1ccccc1C)NCCc1cccc(C(=O)N(C)C)c1.I. The van der Waals surface area contributed by atoms with Crippen molar-refractivity contribution < 1.29 is 9.53 Å². The first-order valence-corrected chi connectivity index (χ1v) is 9.45.